The lowest BCUT2D eigenvalue weighted by Gasteiger charge is -2.34. The molecule has 12 heteroatoms. The first-order valence-corrected chi connectivity index (χ1v) is 13.7. The first kappa shape index (κ1) is 27.4. The number of halogens is 1. The van der Waals surface area contributed by atoms with E-state index in [1.54, 1.807) is 26.0 Å². The fourth-order valence-corrected chi connectivity index (χ4v) is 6.04. The summed E-state index contributed by atoms with van der Waals surface area (Å²) in [6, 6.07) is 9.39. The molecule has 2 aliphatic rings. The van der Waals surface area contributed by atoms with E-state index in [4.69, 9.17) is 4.74 Å². The fourth-order valence-electron chi connectivity index (χ4n) is 5.00. The number of hydrogen-bond donors (Lipinski definition) is 0. The maximum Gasteiger partial charge on any atom is 0.338 e. The molecule has 0 N–H and O–H groups in total. The van der Waals surface area contributed by atoms with Gasteiger partial charge in [-0.05, 0) is 50.7 Å². The van der Waals surface area contributed by atoms with Crippen molar-refractivity contribution in [2.45, 2.75) is 19.9 Å². The molecule has 0 spiro atoms. The van der Waals surface area contributed by atoms with Gasteiger partial charge in [-0.2, -0.15) is 0 Å². The van der Waals surface area contributed by atoms with E-state index in [1.807, 2.05) is 7.05 Å². The van der Waals surface area contributed by atoms with Gasteiger partial charge in [0.15, 0.2) is 4.80 Å². The van der Waals surface area contributed by atoms with Crippen molar-refractivity contribution in [3.05, 3.63) is 100 Å². The summed E-state index contributed by atoms with van der Waals surface area (Å²) in [5.74, 6) is -1.06. The van der Waals surface area contributed by atoms with Crippen molar-refractivity contribution < 1.29 is 18.8 Å². The minimum Gasteiger partial charge on any atom is -0.463 e. The Balaban J connectivity index is 1.70. The molecule has 0 radical (unpaired) electrons. The number of benzene rings is 2. The normalized spacial score (nSPS) is 17.9. The van der Waals surface area contributed by atoms with Crippen LogP contribution in [0.5, 0.6) is 0 Å². The van der Waals surface area contributed by atoms with Crippen LogP contribution >= 0.6 is 11.3 Å². The summed E-state index contributed by atoms with van der Waals surface area (Å²) in [7, 11) is 2.04. The van der Waals surface area contributed by atoms with Crippen LogP contribution in [0.25, 0.3) is 6.08 Å². The predicted molar refractivity (Wildman–Crippen MR) is 150 cm³/mol. The number of piperazine rings is 1. The van der Waals surface area contributed by atoms with Gasteiger partial charge in [0.2, 0.25) is 0 Å². The lowest BCUT2D eigenvalue weighted by atomic mass is 9.96. The molecule has 3 aromatic rings. The van der Waals surface area contributed by atoms with Crippen LogP contribution in [0.1, 0.15) is 31.0 Å². The number of aromatic nitrogens is 1. The van der Waals surface area contributed by atoms with E-state index in [1.165, 1.54) is 41.0 Å². The van der Waals surface area contributed by atoms with E-state index < -0.39 is 28.3 Å². The molecule has 0 aliphatic carbocycles. The summed E-state index contributed by atoms with van der Waals surface area (Å²) in [4.78, 5) is 47.4. The number of nitrogens with zero attached hydrogens (tertiary/aromatic N) is 5. The molecule has 0 saturated carbocycles. The third-order valence-electron chi connectivity index (χ3n) is 7.06. The lowest BCUT2D eigenvalue weighted by molar-refractivity contribution is -0.384. The monoisotopic (exact) mass is 565 g/mol. The minimum atomic E-state index is -0.875. The van der Waals surface area contributed by atoms with E-state index in [2.05, 4.69) is 14.8 Å². The topological polar surface area (TPSA) is 110 Å². The highest BCUT2D eigenvalue weighted by atomic mass is 32.1. The third kappa shape index (κ3) is 5.19. The maximum absolute atomic E-state index is 13.9. The van der Waals surface area contributed by atoms with Crippen LogP contribution in [0.3, 0.4) is 0 Å². The van der Waals surface area contributed by atoms with Gasteiger partial charge in [-0.1, -0.05) is 23.5 Å². The molecule has 1 saturated heterocycles. The number of thiazole rings is 1. The second-order valence-electron chi connectivity index (χ2n) is 9.64. The average molecular weight is 566 g/mol. The number of carbonyl (C=O) groups excluding carboxylic acids is 1. The Morgan fingerprint density at radius 3 is 2.55 bits per heavy atom. The summed E-state index contributed by atoms with van der Waals surface area (Å²) in [6.45, 7) is 6.65. The molecular weight excluding hydrogens is 537 g/mol. The highest BCUT2D eigenvalue weighted by Gasteiger charge is 2.33. The predicted octanol–water partition coefficient (Wildman–Crippen LogP) is 2.60. The number of nitro groups is 1. The van der Waals surface area contributed by atoms with Crippen LogP contribution in [0.15, 0.2) is 63.5 Å². The Kier molecular flexibility index (Phi) is 7.63. The van der Waals surface area contributed by atoms with Gasteiger partial charge < -0.3 is 14.5 Å². The number of carbonyl (C=O) groups is 1. The van der Waals surface area contributed by atoms with E-state index >= 15 is 0 Å². The molecule has 1 aromatic heterocycles. The zero-order valence-corrected chi connectivity index (χ0v) is 23.1. The standard InChI is InChI=1S/C28H28FN5O5S/c1-4-39-27(36)24-17(2)30-28-33(25(24)18-5-7-20(29)8-6-18)26(35)23(40-28)16-19-15-21(34(37)38)9-10-22(19)32-13-11-31(3)12-14-32/h5-10,15-16,25H,4,11-14H2,1-3H3/t25-/m0/s1. The summed E-state index contributed by atoms with van der Waals surface area (Å²) in [6.07, 6.45) is 1.65. The Labute approximate surface area is 233 Å². The first-order valence-electron chi connectivity index (χ1n) is 12.8. The number of allylic oxidation sites excluding steroid dienone is 1. The lowest BCUT2D eigenvalue weighted by Crippen LogP contribution is -2.44. The number of ether oxygens (including phenoxy) is 1. The number of anilines is 1. The number of hydrogen-bond acceptors (Lipinski definition) is 9. The summed E-state index contributed by atoms with van der Waals surface area (Å²) in [5, 5.41) is 11.6. The van der Waals surface area contributed by atoms with Gasteiger partial charge in [-0.3, -0.25) is 19.5 Å². The van der Waals surface area contributed by atoms with Gasteiger partial charge in [-0.15, -0.1) is 0 Å². The quantitative estimate of drug-likeness (QED) is 0.257. The Morgan fingerprint density at radius 1 is 1.20 bits per heavy atom. The van der Waals surface area contributed by atoms with Crippen molar-refractivity contribution in [2.75, 3.05) is 44.7 Å². The molecule has 2 aliphatic heterocycles. The number of rotatable bonds is 6. The molecule has 208 valence electrons. The molecule has 10 nitrogen and oxygen atoms in total. The van der Waals surface area contributed by atoms with Crippen LogP contribution in [0.4, 0.5) is 15.8 Å². The van der Waals surface area contributed by atoms with Crippen molar-refractivity contribution in [3.8, 4) is 0 Å². The van der Waals surface area contributed by atoms with Gasteiger partial charge in [-0.25, -0.2) is 14.2 Å². The smallest absolute Gasteiger partial charge is 0.338 e. The molecule has 0 unspecified atom stereocenters. The molecule has 1 fully saturated rings. The Morgan fingerprint density at radius 2 is 1.90 bits per heavy atom. The SMILES string of the molecule is CCOC(=O)C1=C(C)N=c2sc(=Cc3cc([N+](=O)[O-])ccc3N3CCN(C)CC3)c(=O)n2[C@H]1c1ccc(F)cc1. The largest absolute Gasteiger partial charge is 0.463 e. The highest BCUT2D eigenvalue weighted by Crippen LogP contribution is 2.31. The van der Waals surface area contributed by atoms with Crippen LogP contribution in [-0.4, -0.2) is 60.2 Å². The highest BCUT2D eigenvalue weighted by molar-refractivity contribution is 7.07. The first-order chi connectivity index (χ1) is 19.2. The van der Waals surface area contributed by atoms with Crippen LogP contribution < -0.4 is 19.8 Å². The van der Waals surface area contributed by atoms with Gasteiger partial charge >= 0.3 is 5.97 Å². The summed E-state index contributed by atoms with van der Waals surface area (Å²) in [5.41, 5.74) is 1.96. The van der Waals surface area contributed by atoms with Crippen LogP contribution in [0.2, 0.25) is 0 Å². The molecule has 0 amide bonds. The van der Waals surface area contributed by atoms with Gasteiger partial charge in [0.05, 0.1) is 33.4 Å². The number of likely N-dealkylation sites (N-methyl/N-ethyl adjacent to an activating group) is 1. The zero-order chi connectivity index (χ0) is 28.6. The molecule has 5 rings (SSSR count). The van der Waals surface area contributed by atoms with Gasteiger partial charge in [0.25, 0.3) is 11.2 Å². The Hall–Kier alpha value is -4.16. The second-order valence-corrected chi connectivity index (χ2v) is 10.7. The van der Waals surface area contributed by atoms with E-state index in [-0.39, 0.29) is 17.9 Å². The van der Waals surface area contributed by atoms with Crippen molar-refractivity contribution >= 4 is 34.8 Å². The van der Waals surface area contributed by atoms with Gasteiger partial charge in [0, 0.05) is 49.6 Å². The number of esters is 1. The van der Waals surface area contributed by atoms with Crippen LogP contribution in [-0.2, 0) is 9.53 Å². The fraction of sp³-hybridized carbons (Fsp3) is 0.321. The molecule has 3 heterocycles. The number of non-ortho nitro benzene ring substituents is 1. The van der Waals surface area contributed by atoms with E-state index in [9.17, 15) is 24.1 Å². The number of nitro benzene ring substituents is 1. The number of fused-ring (bicyclic) bond motifs is 1. The molecule has 1 atom stereocenters. The molecular formula is C28H28FN5O5S. The van der Waals surface area contributed by atoms with E-state index in [0.717, 1.165) is 43.2 Å². The average Bonchev–Trinajstić information content (AvgIpc) is 3.23. The maximum atomic E-state index is 13.9. The van der Waals surface area contributed by atoms with Crippen molar-refractivity contribution in [2.24, 2.45) is 4.99 Å². The van der Waals surface area contributed by atoms with E-state index in [0.29, 0.717) is 26.2 Å². The van der Waals surface area contributed by atoms with Crippen molar-refractivity contribution in [3.63, 3.8) is 0 Å². The molecule has 2 aromatic carbocycles. The Bertz CT molecular complexity index is 1690. The van der Waals surface area contributed by atoms with Gasteiger partial charge in [0.1, 0.15) is 5.82 Å². The molecule has 0 bridgehead atoms. The minimum absolute atomic E-state index is 0.0819. The molecule has 40 heavy (non-hydrogen) atoms. The van der Waals surface area contributed by atoms with Crippen LogP contribution in [0, 0.1) is 15.9 Å². The van der Waals surface area contributed by atoms with Crippen molar-refractivity contribution in [1.29, 1.82) is 0 Å². The summed E-state index contributed by atoms with van der Waals surface area (Å²) >= 11 is 1.13. The zero-order valence-electron chi connectivity index (χ0n) is 22.3. The second kappa shape index (κ2) is 11.1. The summed E-state index contributed by atoms with van der Waals surface area (Å²) < 4.78 is 20.8. The van der Waals surface area contributed by atoms with Crippen molar-refractivity contribution in [1.82, 2.24) is 9.47 Å². The third-order valence-corrected chi connectivity index (χ3v) is 8.04.